The molecule has 0 aromatic carbocycles. The Morgan fingerprint density at radius 2 is 2.36 bits per heavy atom. The minimum atomic E-state index is 0.993. The summed E-state index contributed by atoms with van der Waals surface area (Å²) in [5, 5.41) is 3.41. The van der Waals surface area contributed by atoms with Crippen LogP contribution in [0.25, 0.3) is 11.1 Å². The first-order valence-corrected chi connectivity index (χ1v) is 4.19. The van der Waals surface area contributed by atoms with Crippen molar-refractivity contribution in [1.82, 2.24) is 4.98 Å². The third-order valence-electron chi connectivity index (χ3n) is 2.09. The lowest BCUT2D eigenvalue weighted by Gasteiger charge is -1.99. The predicted octanol–water partition coefficient (Wildman–Crippen LogP) is 1.24. The summed E-state index contributed by atoms with van der Waals surface area (Å²) in [6.07, 6.45) is 6.27. The Morgan fingerprint density at radius 3 is 3.09 bits per heavy atom. The Labute approximate surface area is 70.4 Å². The van der Waals surface area contributed by atoms with Gasteiger partial charge in [-0.15, -0.1) is 0 Å². The van der Waals surface area contributed by atoms with Crippen LogP contribution in [0.4, 0.5) is 0 Å². The molecule has 0 amide bonds. The van der Waals surface area contributed by atoms with E-state index in [1.54, 1.807) is 0 Å². The molecule has 1 aliphatic carbocycles. The van der Waals surface area contributed by atoms with Crippen LogP contribution in [0.5, 0.6) is 0 Å². The Morgan fingerprint density at radius 1 is 1.55 bits per heavy atom. The molecule has 1 nitrogen and oxygen atoms in total. The number of aryl methyl sites for hydroxylation is 1. The highest BCUT2D eigenvalue weighted by Crippen LogP contribution is 2.12. The molecule has 1 heterocycles. The van der Waals surface area contributed by atoms with Gasteiger partial charge in [0.05, 0.1) is 0 Å². The number of H-pyrrole nitrogens is 1. The average molecular weight is 168 g/mol. The molecule has 1 N–H and O–H groups in total. The van der Waals surface area contributed by atoms with Crippen LogP contribution in [-0.2, 0) is 0 Å². The van der Waals surface area contributed by atoms with E-state index in [4.69, 9.17) is 11.6 Å². The van der Waals surface area contributed by atoms with Crippen molar-refractivity contribution in [2.24, 2.45) is 0 Å². The second-order valence-electron chi connectivity index (χ2n) is 2.91. The Bertz CT molecular complexity index is 386. The lowest BCUT2D eigenvalue weighted by Crippen LogP contribution is -2.27. The van der Waals surface area contributed by atoms with Crippen molar-refractivity contribution in [2.45, 2.75) is 19.8 Å². The topological polar surface area (TPSA) is 15.8 Å². The van der Waals surface area contributed by atoms with Crippen LogP contribution >= 0.6 is 11.6 Å². The Kier molecular flexibility index (Phi) is 1.53. The standard InChI is InChI=1S/C9H10ClN/c1-6-5-11-8-4-2-3-7(10)9(6)8/h4-5,11H,2-3H2,1H3. The highest BCUT2D eigenvalue weighted by Gasteiger charge is 2.04. The smallest absolute Gasteiger partial charge is 0.0428 e. The number of nitrogens with one attached hydrogen (secondary N) is 1. The SMILES string of the molecule is Cc1c[nH]c2c1=C(Cl)CCC=2. The molecule has 0 radical (unpaired) electrons. The van der Waals surface area contributed by atoms with Crippen molar-refractivity contribution in [3.63, 3.8) is 0 Å². The molecule has 0 aliphatic heterocycles. The molecular formula is C9H10ClN. The van der Waals surface area contributed by atoms with Gasteiger partial charge in [0.25, 0.3) is 0 Å². The quantitative estimate of drug-likeness (QED) is 0.599. The van der Waals surface area contributed by atoms with Gasteiger partial charge in [0.2, 0.25) is 0 Å². The molecule has 58 valence electrons. The Hall–Kier alpha value is -0.690. The molecule has 1 aromatic heterocycles. The van der Waals surface area contributed by atoms with E-state index in [0.717, 1.165) is 17.9 Å². The van der Waals surface area contributed by atoms with Gasteiger partial charge in [-0.25, -0.2) is 0 Å². The van der Waals surface area contributed by atoms with Gasteiger partial charge >= 0.3 is 0 Å². The molecule has 0 unspecified atom stereocenters. The van der Waals surface area contributed by atoms with Crippen molar-refractivity contribution in [3.8, 4) is 0 Å². The van der Waals surface area contributed by atoms with Crippen LogP contribution in [0.2, 0.25) is 0 Å². The second kappa shape index (κ2) is 2.42. The fourth-order valence-electron chi connectivity index (χ4n) is 1.53. The zero-order valence-electron chi connectivity index (χ0n) is 6.45. The third-order valence-corrected chi connectivity index (χ3v) is 2.47. The average Bonchev–Trinajstić information content (AvgIpc) is 2.34. The lowest BCUT2D eigenvalue weighted by atomic mass is 10.1. The monoisotopic (exact) mass is 167 g/mol. The normalized spacial score (nSPS) is 16.0. The molecule has 2 rings (SSSR count). The molecule has 0 spiro atoms. The molecule has 2 heteroatoms. The number of aromatic amines is 1. The number of rotatable bonds is 0. The van der Waals surface area contributed by atoms with E-state index in [2.05, 4.69) is 18.0 Å². The van der Waals surface area contributed by atoms with Crippen molar-refractivity contribution in [1.29, 1.82) is 0 Å². The minimum Gasteiger partial charge on any atom is -0.361 e. The van der Waals surface area contributed by atoms with Crippen LogP contribution in [0, 0.1) is 6.92 Å². The molecule has 0 fully saturated rings. The van der Waals surface area contributed by atoms with Gasteiger partial charge in [0, 0.05) is 21.8 Å². The molecule has 1 aromatic rings. The summed E-state index contributed by atoms with van der Waals surface area (Å²) in [6.45, 7) is 2.08. The first-order chi connectivity index (χ1) is 5.29. The molecule has 1 aliphatic rings. The second-order valence-corrected chi connectivity index (χ2v) is 3.36. The van der Waals surface area contributed by atoms with Gasteiger partial charge in [0.1, 0.15) is 0 Å². The van der Waals surface area contributed by atoms with E-state index >= 15 is 0 Å². The predicted molar refractivity (Wildman–Crippen MR) is 47.7 cm³/mol. The number of hydrogen-bond acceptors (Lipinski definition) is 0. The van der Waals surface area contributed by atoms with E-state index in [1.807, 2.05) is 6.20 Å². The van der Waals surface area contributed by atoms with Crippen LogP contribution in [0.1, 0.15) is 18.4 Å². The fourth-order valence-corrected chi connectivity index (χ4v) is 1.89. The zero-order valence-corrected chi connectivity index (χ0v) is 7.20. The summed E-state index contributed by atoms with van der Waals surface area (Å²) in [7, 11) is 0. The minimum absolute atomic E-state index is 0.993. The summed E-state index contributed by atoms with van der Waals surface area (Å²) in [4.78, 5) is 3.20. The molecular weight excluding hydrogens is 158 g/mol. The highest BCUT2D eigenvalue weighted by atomic mass is 35.5. The van der Waals surface area contributed by atoms with E-state index in [-0.39, 0.29) is 0 Å². The van der Waals surface area contributed by atoms with Crippen LogP contribution < -0.4 is 10.6 Å². The highest BCUT2D eigenvalue weighted by molar-refractivity contribution is 6.45. The van der Waals surface area contributed by atoms with Crippen molar-refractivity contribution in [3.05, 3.63) is 22.3 Å². The van der Waals surface area contributed by atoms with Crippen molar-refractivity contribution < 1.29 is 0 Å². The number of aromatic nitrogens is 1. The summed E-state index contributed by atoms with van der Waals surface area (Å²) in [5.41, 5.74) is 1.25. The Balaban J connectivity index is 2.94. The van der Waals surface area contributed by atoms with E-state index in [0.29, 0.717) is 0 Å². The van der Waals surface area contributed by atoms with Crippen molar-refractivity contribution >= 4 is 22.7 Å². The lowest BCUT2D eigenvalue weighted by molar-refractivity contribution is 1.09. The third kappa shape index (κ3) is 1.000. The van der Waals surface area contributed by atoms with Gasteiger partial charge in [0.15, 0.2) is 0 Å². The summed E-state index contributed by atoms with van der Waals surface area (Å²) in [5.74, 6) is 0. The van der Waals surface area contributed by atoms with E-state index in [1.165, 1.54) is 16.1 Å². The maximum atomic E-state index is 6.07. The first kappa shape index (κ1) is 6.99. The van der Waals surface area contributed by atoms with Gasteiger partial charge in [-0.05, 0) is 25.3 Å². The van der Waals surface area contributed by atoms with Crippen LogP contribution in [-0.4, -0.2) is 4.98 Å². The van der Waals surface area contributed by atoms with E-state index in [9.17, 15) is 0 Å². The summed E-state index contributed by atoms with van der Waals surface area (Å²) >= 11 is 6.07. The largest absolute Gasteiger partial charge is 0.361 e. The molecule has 0 bridgehead atoms. The fraction of sp³-hybridized carbons (Fsp3) is 0.333. The molecule has 0 saturated carbocycles. The molecule has 0 saturated heterocycles. The number of hydrogen-bond donors (Lipinski definition) is 1. The first-order valence-electron chi connectivity index (χ1n) is 3.82. The maximum Gasteiger partial charge on any atom is 0.0428 e. The molecule has 0 atom stereocenters. The number of halogens is 1. The summed E-state index contributed by atoms with van der Waals surface area (Å²) < 4.78 is 0. The van der Waals surface area contributed by atoms with Gasteiger partial charge in [-0.2, -0.15) is 0 Å². The van der Waals surface area contributed by atoms with E-state index < -0.39 is 0 Å². The van der Waals surface area contributed by atoms with Gasteiger partial charge in [-0.1, -0.05) is 17.7 Å². The molecule has 11 heavy (non-hydrogen) atoms. The summed E-state index contributed by atoms with van der Waals surface area (Å²) in [6, 6.07) is 0. The van der Waals surface area contributed by atoms with Crippen molar-refractivity contribution in [2.75, 3.05) is 0 Å². The number of fused-ring (bicyclic) bond motifs is 1. The van der Waals surface area contributed by atoms with Crippen LogP contribution in [0.15, 0.2) is 6.20 Å². The van der Waals surface area contributed by atoms with Gasteiger partial charge < -0.3 is 4.98 Å². The maximum absolute atomic E-state index is 6.07. The van der Waals surface area contributed by atoms with Gasteiger partial charge in [-0.3, -0.25) is 0 Å². The zero-order chi connectivity index (χ0) is 7.84. The van der Waals surface area contributed by atoms with Crippen LogP contribution in [0.3, 0.4) is 0 Å².